The Bertz CT molecular complexity index is 186. The van der Waals surface area contributed by atoms with Gasteiger partial charge in [0.25, 0.3) is 0 Å². The van der Waals surface area contributed by atoms with Gasteiger partial charge in [0.15, 0.2) is 0 Å². The predicted molar refractivity (Wildman–Crippen MR) is 39.1 cm³/mol. The monoisotopic (exact) mass is 156 g/mol. The van der Waals surface area contributed by atoms with Crippen molar-refractivity contribution in [1.29, 1.82) is 0 Å². The Morgan fingerprint density at radius 2 is 2.27 bits per heavy atom. The molecule has 3 heteroatoms. The highest BCUT2D eigenvalue weighted by Crippen LogP contribution is 2.27. The number of hydrogen-bond acceptors (Lipinski definition) is 2. The zero-order valence-corrected chi connectivity index (χ0v) is 6.54. The fourth-order valence-electron chi connectivity index (χ4n) is 1.57. The molecule has 62 valence electrons. The summed E-state index contributed by atoms with van der Waals surface area (Å²) < 4.78 is 0. The fraction of sp³-hybridized carbons (Fsp3) is 0.750. The molecule has 0 aromatic heterocycles. The van der Waals surface area contributed by atoms with Crippen LogP contribution in [0.1, 0.15) is 26.2 Å². The number of carbonyl (C=O) groups is 2. The molecule has 0 bridgehead atoms. The molecule has 0 radical (unpaired) electrons. The number of hydrogen-bond donors (Lipinski definition) is 1. The summed E-state index contributed by atoms with van der Waals surface area (Å²) in [5, 5.41) is 8.68. The third-order valence-electron chi connectivity index (χ3n) is 2.29. The van der Waals surface area contributed by atoms with Gasteiger partial charge in [-0.3, -0.25) is 9.59 Å². The van der Waals surface area contributed by atoms with Crippen LogP contribution >= 0.6 is 0 Å². The number of Topliss-reactive ketones (excluding diaryl/α,β-unsaturated/α-hetero) is 1. The zero-order valence-electron chi connectivity index (χ0n) is 6.54. The summed E-state index contributed by atoms with van der Waals surface area (Å²) in [4.78, 5) is 21.4. The number of rotatable bonds is 1. The third-order valence-corrected chi connectivity index (χ3v) is 2.29. The smallest absolute Gasteiger partial charge is 0.306 e. The third kappa shape index (κ3) is 1.79. The molecule has 1 rings (SSSR count). The Balaban J connectivity index is 2.57. The predicted octanol–water partition coefficient (Wildman–Crippen LogP) is 1.08. The lowest BCUT2D eigenvalue weighted by Gasteiger charge is -2.23. The molecule has 2 atom stereocenters. The molecule has 0 aromatic carbocycles. The standard InChI is InChI=1S/C8H12O3/c1-5-4-6(9)2-3-7(5)8(10)11/h5,7H,2-4H2,1H3,(H,10,11)/t5-,7+/m1/s1. The number of carboxylic acid groups (broad SMARTS) is 1. The maximum absolute atomic E-state index is 10.8. The number of carbonyl (C=O) groups excluding carboxylic acids is 1. The molecule has 0 spiro atoms. The van der Waals surface area contributed by atoms with Crippen molar-refractivity contribution in [3.05, 3.63) is 0 Å². The molecular weight excluding hydrogens is 144 g/mol. The average Bonchev–Trinajstić information content (AvgIpc) is 1.85. The molecule has 1 N–H and O–H groups in total. The summed E-state index contributed by atoms with van der Waals surface area (Å²) in [5.74, 6) is -0.832. The summed E-state index contributed by atoms with van der Waals surface area (Å²) in [6.45, 7) is 1.83. The van der Waals surface area contributed by atoms with Crippen molar-refractivity contribution in [2.24, 2.45) is 11.8 Å². The molecule has 1 aliphatic rings. The van der Waals surface area contributed by atoms with Gasteiger partial charge in [0, 0.05) is 12.8 Å². The van der Waals surface area contributed by atoms with E-state index in [1.165, 1.54) is 0 Å². The van der Waals surface area contributed by atoms with Crippen molar-refractivity contribution >= 4 is 11.8 Å². The molecule has 1 fully saturated rings. The first-order chi connectivity index (χ1) is 5.11. The van der Waals surface area contributed by atoms with Crippen LogP contribution in [0.3, 0.4) is 0 Å². The molecule has 0 aliphatic heterocycles. The van der Waals surface area contributed by atoms with E-state index in [1.807, 2.05) is 6.92 Å². The van der Waals surface area contributed by atoms with Crippen LogP contribution in [0.15, 0.2) is 0 Å². The first kappa shape index (κ1) is 8.24. The van der Waals surface area contributed by atoms with Crippen LogP contribution in [-0.4, -0.2) is 16.9 Å². The van der Waals surface area contributed by atoms with Crippen LogP contribution < -0.4 is 0 Å². The van der Waals surface area contributed by atoms with Crippen molar-refractivity contribution in [1.82, 2.24) is 0 Å². The van der Waals surface area contributed by atoms with Gasteiger partial charge < -0.3 is 5.11 Å². The van der Waals surface area contributed by atoms with E-state index in [-0.39, 0.29) is 17.6 Å². The SMILES string of the molecule is C[C@@H]1CC(=O)CC[C@@H]1C(=O)O. The molecule has 11 heavy (non-hydrogen) atoms. The highest BCUT2D eigenvalue weighted by Gasteiger charge is 2.30. The number of aliphatic carboxylic acids is 1. The molecule has 1 aliphatic carbocycles. The molecule has 0 saturated heterocycles. The van der Waals surface area contributed by atoms with Crippen LogP contribution in [0, 0.1) is 11.8 Å². The molecule has 3 nitrogen and oxygen atoms in total. The average molecular weight is 156 g/mol. The van der Waals surface area contributed by atoms with Gasteiger partial charge in [-0.25, -0.2) is 0 Å². The van der Waals surface area contributed by atoms with E-state index in [2.05, 4.69) is 0 Å². The molecule has 0 amide bonds. The molecular formula is C8H12O3. The topological polar surface area (TPSA) is 54.4 Å². The largest absolute Gasteiger partial charge is 0.481 e. The van der Waals surface area contributed by atoms with Crippen LogP contribution in [0.2, 0.25) is 0 Å². The zero-order chi connectivity index (χ0) is 8.43. The minimum atomic E-state index is -0.759. The summed E-state index contributed by atoms with van der Waals surface area (Å²) in [7, 11) is 0. The van der Waals surface area contributed by atoms with Crippen LogP contribution in [0.4, 0.5) is 0 Å². The van der Waals surface area contributed by atoms with E-state index >= 15 is 0 Å². The van der Waals surface area contributed by atoms with E-state index in [9.17, 15) is 9.59 Å². The Hall–Kier alpha value is -0.860. The van der Waals surface area contributed by atoms with Crippen molar-refractivity contribution in [2.45, 2.75) is 26.2 Å². The number of ketones is 1. The van der Waals surface area contributed by atoms with Gasteiger partial charge in [0.1, 0.15) is 5.78 Å². The fourth-order valence-corrected chi connectivity index (χ4v) is 1.57. The second-order valence-electron chi connectivity index (χ2n) is 3.20. The summed E-state index contributed by atoms with van der Waals surface area (Å²) in [6.07, 6.45) is 1.41. The minimum absolute atomic E-state index is 0.0220. The van der Waals surface area contributed by atoms with E-state index in [0.29, 0.717) is 19.3 Å². The van der Waals surface area contributed by atoms with Crippen molar-refractivity contribution in [3.8, 4) is 0 Å². The van der Waals surface area contributed by atoms with Gasteiger partial charge in [0.05, 0.1) is 5.92 Å². The summed E-state index contributed by atoms with van der Waals surface area (Å²) in [5.41, 5.74) is 0. The van der Waals surface area contributed by atoms with E-state index in [1.54, 1.807) is 0 Å². The Morgan fingerprint density at radius 3 is 2.73 bits per heavy atom. The first-order valence-corrected chi connectivity index (χ1v) is 3.85. The summed E-state index contributed by atoms with van der Waals surface area (Å²) >= 11 is 0. The number of carboxylic acids is 1. The lowest BCUT2D eigenvalue weighted by atomic mass is 9.80. The van der Waals surface area contributed by atoms with Gasteiger partial charge >= 0.3 is 5.97 Å². The highest BCUT2D eigenvalue weighted by atomic mass is 16.4. The van der Waals surface area contributed by atoms with E-state index in [0.717, 1.165) is 0 Å². The van der Waals surface area contributed by atoms with Crippen molar-refractivity contribution < 1.29 is 14.7 Å². The molecule has 0 heterocycles. The van der Waals surface area contributed by atoms with Gasteiger partial charge in [-0.15, -0.1) is 0 Å². The van der Waals surface area contributed by atoms with Crippen molar-refractivity contribution in [2.75, 3.05) is 0 Å². The van der Waals surface area contributed by atoms with E-state index < -0.39 is 5.97 Å². The van der Waals surface area contributed by atoms with Gasteiger partial charge in [-0.1, -0.05) is 6.92 Å². The lowest BCUT2D eigenvalue weighted by Crippen LogP contribution is -2.28. The maximum Gasteiger partial charge on any atom is 0.306 e. The second-order valence-corrected chi connectivity index (χ2v) is 3.20. The lowest BCUT2D eigenvalue weighted by molar-refractivity contribution is -0.145. The van der Waals surface area contributed by atoms with Crippen LogP contribution in [0.5, 0.6) is 0 Å². The van der Waals surface area contributed by atoms with Crippen LogP contribution in [-0.2, 0) is 9.59 Å². The maximum atomic E-state index is 10.8. The molecule has 1 saturated carbocycles. The quantitative estimate of drug-likeness (QED) is 0.618. The minimum Gasteiger partial charge on any atom is -0.481 e. The van der Waals surface area contributed by atoms with Crippen LogP contribution in [0.25, 0.3) is 0 Å². The second kappa shape index (κ2) is 3.03. The van der Waals surface area contributed by atoms with Gasteiger partial charge in [-0.05, 0) is 12.3 Å². The van der Waals surface area contributed by atoms with Gasteiger partial charge in [-0.2, -0.15) is 0 Å². The summed E-state index contributed by atoms with van der Waals surface area (Å²) in [6, 6.07) is 0. The van der Waals surface area contributed by atoms with Gasteiger partial charge in [0.2, 0.25) is 0 Å². The molecule has 0 aromatic rings. The molecule has 0 unspecified atom stereocenters. The Morgan fingerprint density at radius 1 is 1.64 bits per heavy atom. The van der Waals surface area contributed by atoms with E-state index in [4.69, 9.17) is 5.11 Å². The Labute approximate surface area is 65.4 Å². The normalized spacial score (nSPS) is 31.9. The first-order valence-electron chi connectivity index (χ1n) is 3.85. The Kier molecular flexibility index (Phi) is 2.27. The van der Waals surface area contributed by atoms with Crippen molar-refractivity contribution in [3.63, 3.8) is 0 Å². The highest BCUT2D eigenvalue weighted by molar-refractivity contribution is 5.82.